The Morgan fingerprint density at radius 1 is 1.30 bits per heavy atom. The van der Waals surface area contributed by atoms with Gasteiger partial charge in [-0.3, -0.25) is 9.59 Å². The summed E-state index contributed by atoms with van der Waals surface area (Å²) in [5.41, 5.74) is 0.497. The van der Waals surface area contributed by atoms with Gasteiger partial charge in [-0.25, -0.2) is 4.39 Å². The average Bonchev–Trinajstić information content (AvgIpc) is 2.39. The highest BCUT2D eigenvalue weighted by Crippen LogP contribution is 2.14. The van der Waals surface area contributed by atoms with Gasteiger partial charge in [0.2, 0.25) is 11.8 Å². The number of hydrogen-bond donors (Lipinski definition) is 1. The molecule has 0 spiro atoms. The maximum Gasteiger partial charge on any atom is 0.243 e. The fourth-order valence-electron chi connectivity index (χ4n) is 1.52. The van der Waals surface area contributed by atoms with Gasteiger partial charge in [0.1, 0.15) is 5.82 Å². The van der Waals surface area contributed by atoms with E-state index in [9.17, 15) is 14.0 Å². The van der Waals surface area contributed by atoms with Gasteiger partial charge in [0.15, 0.2) is 0 Å². The van der Waals surface area contributed by atoms with Crippen LogP contribution in [0.2, 0.25) is 0 Å². The maximum atomic E-state index is 12.7. The SMILES string of the molecule is CC(C)C(Br)C(=O)N(C)CC(=O)Nc1ccc(F)cc1. The minimum absolute atomic E-state index is 0.0506. The Morgan fingerprint density at radius 2 is 1.85 bits per heavy atom. The molecule has 1 aromatic rings. The molecular weight excluding hydrogens is 327 g/mol. The second kappa shape index (κ2) is 7.38. The highest BCUT2D eigenvalue weighted by atomic mass is 79.9. The van der Waals surface area contributed by atoms with Crippen molar-refractivity contribution >= 4 is 33.4 Å². The standard InChI is InChI=1S/C14H18BrFN2O2/c1-9(2)13(15)14(20)18(3)8-12(19)17-11-6-4-10(16)5-7-11/h4-7,9,13H,8H2,1-3H3,(H,17,19). The lowest BCUT2D eigenvalue weighted by atomic mass is 10.1. The van der Waals surface area contributed by atoms with E-state index in [1.807, 2.05) is 13.8 Å². The third kappa shape index (κ3) is 4.92. The smallest absolute Gasteiger partial charge is 0.243 e. The van der Waals surface area contributed by atoms with Crippen LogP contribution in [0, 0.1) is 11.7 Å². The van der Waals surface area contributed by atoms with Gasteiger partial charge in [-0.05, 0) is 30.2 Å². The van der Waals surface area contributed by atoms with Crippen molar-refractivity contribution in [2.24, 2.45) is 5.92 Å². The summed E-state index contributed by atoms with van der Waals surface area (Å²) in [4.78, 5) is 24.8. The van der Waals surface area contributed by atoms with Crippen LogP contribution in [0.3, 0.4) is 0 Å². The van der Waals surface area contributed by atoms with Crippen molar-refractivity contribution in [3.05, 3.63) is 30.1 Å². The van der Waals surface area contributed by atoms with Crippen LogP contribution in [0.5, 0.6) is 0 Å². The van der Waals surface area contributed by atoms with Crippen LogP contribution in [0.25, 0.3) is 0 Å². The zero-order valence-electron chi connectivity index (χ0n) is 11.7. The second-order valence-corrected chi connectivity index (χ2v) is 5.88. The summed E-state index contributed by atoms with van der Waals surface area (Å²) < 4.78 is 12.7. The number of nitrogens with zero attached hydrogens (tertiary/aromatic N) is 1. The van der Waals surface area contributed by atoms with E-state index in [2.05, 4.69) is 21.2 Å². The van der Waals surface area contributed by atoms with E-state index in [-0.39, 0.29) is 34.9 Å². The van der Waals surface area contributed by atoms with Gasteiger partial charge < -0.3 is 10.2 Å². The Morgan fingerprint density at radius 3 is 2.35 bits per heavy atom. The molecule has 0 bridgehead atoms. The van der Waals surface area contributed by atoms with Crippen molar-refractivity contribution < 1.29 is 14.0 Å². The molecule has 1 aromatic carbocycles. The first-order valence-corrected chi connectivity index (χ1v) is 7.17. The minimum atomic E-state index is -0.366. The van der Waals surface area contributed by atoms with Crippen molar-refractivity contribution in [3.63, 3.8) is 0 Å². The van der Waals surface area contributed by atoms with Crippen LogP contribution in [-0.2, 0) is 9.59 Å². The molecule has 1 atom stereocenters. The lowest BCUT2D eigenvalue weighted by molar-refractivity contribution is -0.133. The van der Waals surface area contributed by atoms with Crippen molar-refractivity contribution in [2.75, 3.05) is 18.9 Å². The fourth-order valence-corrected chi connectivity index (χ4v) is 1.87. The largest absolute Gasteiger partial charge is 0.335 e. The van der Waals surface area contributed by atoms with Crippen LogP contribution < -0.4 is 5.32 Å². The number of carbonyl (C=O) groups is 2. The molecule has 110 valence electrons. The molecule has 4 nitrogen and oxygen atoms in total. The monoisotopic (exact) mass is 344 g/mol. The highest BCUT2D eigenvalue weighted by Gasteiger charge is 2.23. The molecule has 0 radical (unpaired) electrons. The normalized spacial score (nSPS) is 12.1. The molecule has 0 heterocycles. The number of amides is 2. The second-order valence-electron chi connectivity index (χ2n) is 4.90. The van der Waals surface area contributed by atoms with Crippen LogP contribution >= 0.6 is 15.9 Å². The summed E-state index contributed by atoms with van der Waals surface area (Å²) >= 11 is 3.31. The van der Waals surface area contributed by atoms with Crippen LogP contribution in [-0.4, -0.2) is 35.1 Å². The summed E-state index contributed by atoms with van der Waals surface area (Å²) in [5, 5.41) is 2.61. The van der Waals surface area contributed by atoms with Gasteiger partial charge in [0.05, 0.1) is 11.4 Å². The molecule has 1 N–H and O–H groups in total. The summed E-state index contributed by atoms with van der Waals surface area (Å²) in [6.45, 7) is 3.79. The van der Waals surface area contributed by atoms with E-state index in [1.165, 1.54) is 29.2 Å². The minimum Gasteiger partial charge on any atom is -0.335 e. The van der Waals surface area contributed by atoms with Crippen LogP contribution in [0.1, 0.15) is 13.8 Å². The number of hydrogen-bond acceptors (Lipinski definition) is 2. The van der Waals surface area contributed by atoms with E-state index in [0.29, 0.717) is 5.69 Å². The molecule has 1 unspecified atom stereocenters. The average molecular weight is 345 g/mol. The lowest BCUT2D eigenvalue weighted by Crippen LogP contribution is -2.40. The molecule has 0 aliphatic heterocycles. The molecule has 0 fully saturated rings. The Labute approximate surface area is 126 Å². The molecule has 2 amide bonds. The highest BCUT2D eigenvalue weighted by molar-refractivity contribution is 9.10. The summed E-state index contributed by atoms with van der Waals surface area (Å²) in [5.74, 6) is -0.690. The molecular formula is C14H18BrFN2O2. The van der Waals surface area contributed by atoms with E-state index >= 15 is 0 Å². The summed E-state index contributed by atoms with van der Waals surface area (Å²) in [6.07, 6.45) is 0. The van der Waals surface area contributed by atoms with Gasteiger partial charge in [0, 0.05) is 12.7 Å². The van der Waals surface area contributed by atoms with Gasteiger partial charge >= 0.3 is 0 Å². The number of carbonyl (C=O) groups excluding carboxylic acids is 2. The summed E-state index contributed by atoms with van der Waals surface area (Å²) in [6, 6.07) is 5.46. The van der Waals surface area contributed by atoms with E-state index < -0.39 is 0 Å². The maximum absolute atomic E-state index is 12.7. The third-order valence-corrected chi connectivity index (χ3v) is 4.16. The first-order valence-electron chi connectivity index (χ1n) is 6.25. The first kappa shape index (κ1) is 16.6. The molecule has 0 aliphatic carbocycles. The lowest BCUT2D eigenvalue weighted by Gasteiger charge is -2.21. The van der Waals surface area contributed by atoms with Crippen molar-refractivity contribution in [1.29, 1.82) is 0 Å². The van der Waals surface area contributed by atoms with Crippen molar-refractivity contribution in [3.8, 4) is 0 Å². The van der Waals surface area contributed by atoms with E-state index in [4.69, 9.17) is 0 Å². The number of nitrogens with one attached hydrogen (secondary N) is 1. The topological polar surface area (TPSA) is 49.4 Å². The Balaban J connectivity index is 2.53. The Kier molecular flexibility index (Phi) is 6.13. The zero-order chi connectivity index (χ0) is 15.3. The molecule has 0 aromatic heterocycles. The van der Waals surface area contributed by atoms with Gasteiger partial charge in [-0.2, -0.15) is 0 Å². The number of anilines is 1. The zero-order valence-corrected chi connectivity index (χ0v) is 13.3. The van der Waals surface area contributed by atoms with Gasteiger partial charge in [0.25, 0.3) is 0 Å². The van der Waals surface area contributed by atoms with Crippen LogP contribution in [0.4, 0.5) is 10.1 Å². The van der Waals surface area contributed by atoms with E-state index in [1.54, 1.807) is 7.05 Å². The number of likely N-dealkylation sites (N-methyl/N-ethyl adjacent to an activating group) is 1. The van der Waals surface area contributed by atoms with Gasteiger partial charge in [-0.1, -0.05) is 29.8 Å². The Bertz CT molecular complexity index is 477. The number of alkyl halides is 1. The summed E-state index contributed by atoms with van der Waals surface area (Å²) in [7, 11) is 1.57. The Hall–Kier alpha value is -1.43. The number of benzene rings is 1. The molecule has 1 rings (SSSR count). The van der Waals surface area contributed by atoms with Crippen LogP contribution in [0.15, 0.2) is 24.3 Å². The molecule has 6 heteroatoms. The van der Waals surface area contributed by atoms with E-state index in [0.717, 1.165) is 0 Å². The predicted molar refractivity (Wildman–Crippen MR) is 80.2 cm³/mol. The third-order valence-electron chi connectivity index (χ3n) is 2.71. The van der Waals surface area contributed by atoms with Crippen molar-refractivity contribution in [1.82, 2.24) is 4.90 Å². The van der Waals surface area contributed by atoms with Gasteiger partial charge in [-0.15, -0.1) is 0 Å². The molecule has 0 aliphatic rings. The number of halogens is 2. The fraction of sp³-hybridized carbons (Fsp3) is 0.429. The first-order chi connectivity index (χ1) is 9.31. The predicted octanol–water partition coefficient (Wildman–Crippen LogP) is 2.64. The quantitative estimate of drug-likeness (QED) is 0.834. The molecule has 20 heavy (non-hydrogen) atoms. The van der Waals surface area contributed by atoms with Crippen molar-refractivity contribution in [2.45, 2.75) is 18.7 Å². The number of rotatable bonds is 5. The molecule has 0 saturated carbocycles. The molecule has 0 saturated heterocycles.